The van der Waals surface area contributed by atoms with Crippen LogP contribution in [0.4, 0.5) is 0 Å². The molecule has 0 saturated heterocycles. The van der Waals surface area contributed by atoms with Gasteiger partial charge >= 0.3 is 178 Å². The quantitative estimate of drug-likeness (QED) is 0.429. The van der Waals surface area contributed by atoms with Crippen molar-refractivity contribution in [1.29, 1.82) is 0 Å². The summed E-state index contributed by atoms with van der Waals surface area (Å²) in [5, 5.41) is 4.70. The van der Waals surface area contributed by atoms with Gasteiger partial charge in [-0.25, -0.2) is 0 Å². The third-order valence-electron chi connectivity index (χ3n) is 6.87. The Kier molecular flexibility index (Phi) is 7.18. The summed E-state index contributed by atoms with van der Waals surface area (Å²) in [5.41, 5.74) is 0. The fourth-order valence-corrected chi connectivity index (χ4v) is 10.6. The van der Waals surface area contributed by atoms with Gasteiger partial charge in [0.25, 0.3) is 0 Å². The third-order valence-corrected chi connectivity index (χ3v) is 12.0. The van der Waals surface area contributed by atoms with E-state index < -0.39 is 7.26 Å². The topological polar surface area (TPSA) is 0 Å². The van der Waals surface area contributed by atoms with Gasteiger partial charge in [-0.2, -0.15) is 0 Å². The molecule has 0 aromatic heterocycles. The molecule has 0 radical (unpaired) electrons. The van der Waals surface area contributed by atoms with E-state index in [1.54, 1.807) is 15.9 Å². The van der Waals surface area contributed by atoms with Crippen LogP contribution in [0.3, 0.4) is 0 Å². The summed E-state index contributed by atoms with van der Waals surface area (Å²) in [7, 11) is -2.07. The van der Waals surface area contributed by atoms with Gasteiger partial charge in [0.2, 0.25) is 0 Å². The van der Waals surface area contributed by atoms with Crippen LogP contribution in [0.5, 0.6) is 0 Å². The van der Waals surface area contributed by atoms with Gasteiger partial charge < -0.3 is 0 Å². The Balaban J connectivity index is 1.83. The van der Waals surface area contributed by atoms with Crippen molar-refractivity contribution >= 4 is 23.2 Å². The van der Waals surface area contributed by atoms with E-state index in [1.165, 1.54) is 57.5 Å². The second kappa shape index (κ2) is 10.2. The molecule has 0 nitrogen and oxygen atoms in total. The van der Waals surface area contributed by atoms with Gasteiger partial charge in [-0.3, -0.25) is 0 Å². The fraction of sp³-hybridized carbons (Fsp3) is 0.357. The molecular weight excluding hydrogens is 367 g/mol. The zero-order chi connectivity index (χ0) is 19.8. The standard InChI is InChI=1S/C28H35P/c1-2-4-9-17-25(16-8-3-1)24-29(26-18-10-5-11-19-26,27-20-12-6-13-21-27)28-22-14-7-15-23-28/h5-7,10-15,18-23,25,29H,1-4,8-9,16-17,24H2. The number of rotatable bonds is 5. The Hall–Kier alpha value is -1.91. The molecule has 0 aliphatic heterocycles. The predicted molar refractivity (Wildman–Crippen MR) is 132 cm³/mol. The Morgan fingerprint density at radius 2 is 0.828 bits per heavy atom. The Bertz CT molecular complexity index is 735. The Morgan fingerprint density at radius 1 is 0.483 bits per heavy atom. The van der Waals surface area contributed by atoms with Crippen molar-refractivity contribution in [2.24, 2.45) is 5.92 Å². The van der Waals surface area contributed by atoms with Crippen molar-refractivity contribution in [3.63, 3.8) is 0 Å². The maximum atomic E-state index is 2.40. The average Bonchev–Trinajstić information content (AvgIpc) is 2.93. The number of benzene rings is 3. The summed E-state index contributed by atoms with van der Waals surface area (Å²) >= 11 is 0. The van der Waals surface area contributed by atoms with Crippen LogP contribution < -0.4 is 15.9 Å². The first-order valence-electron chi connectivity index (χ1n) is 11.6. The molecule has 0 unspecified atom stereocenters. The maximum absolute atomic E-state index is 2.40. The molecule has 0 atom stereocenters. The average molecular weight is 403 g/mol. The molecule has 0 heterocycles. The fourth-order valence-electron chi connectivity index (χ4n) is 5.38. The summed E-state index contributed by atoms with van der Waals surface area (Å²) in [5.74, 6) is 0.834. The van der Waals surface area contributed by atoms with E-state index >= 15 is 0 Å². The first kappa shape index (κ1) is 20.4. The van der Waals surface area contributed by atoms with Crippen LogP contribution in [-0.2, 0) is 0 Å². The molecule has 0 N–H and O–H groups in total. The zero-order valence-electron chi connectivity index (χ0n) is 17.6. The summed E-state index contributed by atoms with van der Waals surface area (Å²) in [6, 6.07) is 34.4. The van der Waals surface area contributed by atoms with E-state index in [2.05, 4.69) is 91.0 Å². The SMILES string of the molecule is c1ccc([PH](CC2CCCCCCCC2)(c2ccccc2)c2ccccc2)cc1. The van der Waals surface area contributed by atoms with E-state index in [0.717, 1.165) is 5.92 Å². The molecule has 0 bridgehead atoms. The number of hydrogen-bond donors (Lipinski definition) is 0. The van der Waals surface area contributed by atoms with Crippen molar-refractivity contribution in [3.05, 3.63) is 91.0 Å². The normalized spacial score (nSPS) is 17.1. The van der Waals surface area contributed by atoms with Crippen molar-refractivity contribution < 1.29 is 0 Å². The molecule has 1 heteroatoms. The van der Waals surface area contributed by atoms with E-state index in [9.17, 15) is 0 Å². The summed E-state index contributed by atoms with van der Waals surface area (Å²) in [6.45, 7) is 0. The van der Waals surface area contributed by atoms with Crippen molar-refractivity contribution in [3.8, 4) is 0 Å². The van der Waals surface area contributed by atoms with Crippen molar-refractivity contribution in [1.82, 2.24) is 0 Å². The van der Waals surface area contributed by atoms with Gasteiger partial charge in [0.15, 0.2) is 0 Å². The Morgan fingerprint density at radius 3 is 1.21 bits per heavy atom. The molecule has 0 amide bonds. The van der Waals surface area contributed by atoms with E-state index in [1.807, 2.05) is 0 Å². The monoisotopic (exact) mass is 402 g/mol. The summed E-state index contributed by atoms with van der Waals surface area (Å²) < 4.78 is 0. The Labute approximate surface area is 177 Å². The van der Waals surface area contributed by atoms with Crippen molar-refractivity contribution in [2.75, 3.05) is 6.16 Å². The molecule has 3 aromatic rings. The van der Waals surface area contributed by atoms with Crippen LogP contribution in [0, 0.1) is 5.92 Å². The molecule has 1 fully saturated rings. The molecule has 1 aliphatic rings. The minimum atomic E-state index is -2.07. The van der Waals surface area contributed by atoms with Crippen LogP contribution in [-0.4, -0.2) is 6.16 Å². The second-order valence-electron chi connectivity index (χ2n) is 8.77. The van der Waals surface area contributed by atoms with E-state index in [4.69, 9.17) is 0 Å². The van der Waals surface area contributed by atoms with Crippen LogP contribution in [0.25, 0.3) is 0 Å². The van der Waals surface area contributed by atoms with Gasteiger partial charge in [-0.05, 0) is 0 Å². The third kappa shape index (κ3) is 4.81. The van der Waals surface area contributed by atoms with Gasteiger partial charge in [0, 0.05) is 0 Å². The molecule has 152 valence electrons. The van der Waals surface area contributed by atoms with Crippen molar-refractivity contribution in [2.45, 2.75) is 51.4 Å². The first-order chi connectivity index (χ1) is 14.4. The van der Waals surface area contributed by atoms with Gasteiger partial charge in [0.1, 0.15) is 0 Å². The van der Waals surface area contributed by atoms with Gasteiger partial charge in [0.05, 0.1) is 0 Å². The zero-order valence-corrected chi connectivity index (χ0v) is 18.6. The molecular formula is C28H35P. The van der Waals surface area contributed by atoms with E-state index in [0.29, 0.717) is 0 Å². The summed E-state index contributed by atoms with van der Waals surface area (Å²) in [4.78, 5) is 0. The molecule has 0 spiro atoms. The number of hydrogen-bond acceptors (Lipinski definition) is 0. The molecule has 4 rings (SSSR count). The summed E-state index contributed by atoms with van der Waals surface area (Å²) in [6.07, 6.45) is 12.7. The van der Waals surface area contributed by atoms with Crippen LogP contribution in [0.15, 0.2) is 91.0 Å². The molecule has 1 saturated carbocycles. The molecule has 29 heavy (non-hydrogen) atoms. The van der Waals surface area contributed by atoms with E-state index in [-0.39, 0.29) is 0 Å². The van der Waals surface area contributed by atoms with Crippen LogP contribution in [0.1, 0.15) is 51.4 Å². The second-order valence-corrected chi connectivity index (χ2v) is 12.7. The minimum absolute atomic E-state index is 0.834. The van der Waals surface area contributed by atoms with Crippen LogP contribution in [0.2, 0.25) is 0 Å². The van der Waals surface area contributed by atoms with Gasteiger partial charge in [-0.15, -0.1) is 0 Å². The van der Waals surface area contributed by atoms with Crippen LogP contribution >= 0.6 is 7.26 Å². The first-order valence-corrected chi connectivity index (χ1v) is 13.8. The molecule has 1 aliphatic carbocycles. The molecule has 3 aromatic carbocycles. The predicted octanol–water partition coefficient (Wildman–Crippen LogP) is 6.46. The van der Waals surface area contributed by atoms with Gasteiger partial charge in [-0.1, -0.05) is 0 Å².